The topological polar surface area (TPSA) is 98.1 Å². The lowest BCUT2D eigenvalue weighted by Gasteiger charge is -2.30. The number of carboxylic acids is 2. The van der Waals surface area contributed by atoms with E-state index >= 15 is 0 Å². The van der Waals surface area contributed by atoms with Crippen LogP contribution < -0.4 is 0 Å². The lowest BCUT2D eigenvalue weighted by Crippen LogP contribution is -2.35. The number of hydrogen-bond acceptors (Lipinski definition) is 5. The van der Waals surface area contributed by atoms with Crippen molar-refractivity contribution in [3.63, 3.8) is 0 Å². The van der Waals surface area contributed by atoms with E-state index in [0.717, 1.165) is 69.5 Å². The van der Waals surface area contributed by atoms with Gasteiger partial charge in [0.25, 0.3) is 5.91 Å². The molecule has 0 bridgehead atoms. The number of fused-ring (bicyclic) bond motifs is 1. The quantitative estimate of drug-likeness (QED) is 0.203. The van der Waals surface area contributed by atoms with Crippen molar-refractivity contribution in [2.75, 3.05) is 26.2 Å². The average molecular weight is 641 g/mol. The molecule has 1 amide bonds. The van der Waals surface area contributed by atoms with E-state index in [4.69, 9.17) is 10.2 Å². The Bertz CT molecular complexity index is 1700. The normalized spacial score (nSPS) is 15.4. The number of likely N-dealkylation sites (tertiary alicyclic amines) is 2. The van der Waals surface area contributed by atoms with Gasteiger partial charge in [0.15, 0.2) is 0 Å². The summed E-state index contributed by atoms with van der Waals surface area (Å²) in [5.41, 5.74) is 5.80. The second-order valence-electron chi connectivity index (χ2n) is 11.5. The maximum atomic E-state index is 13.8. The predicted octanol–water partition coefficient (Wildman–Crippen LogP) is 7.48. The second-order valence-corrected chi connectivity index (χ2v) is 12.6. The van der Waals surface area contributed by atoms with Crippen molar-refractivity contribution in [3.8, 4) is 0 Å². The fourth-order valence-electron chi connectivity index (χ4n) is 5.96. The van der Waals surface area contributed by atoms with Gasteiger partial charge in [-0.3, -0.25) is 9.69 Å². The van der Waals surface area contributed by atoms with Gasteiger partial charge in [-0.25, -0.2) is 14.0 Å². The number of carbonyl (C=O) groups is 3. The van der Waals surface area contributed by atoms with Gasteiger partial charge in [-0.05, 0) is 90.6 Å². The highest BCUT2D eigenvalue weighted by Crippen LogP contribution is 2.38. The number of hydrogen-bond donors (Lipinski definition) is 2. The first-order valence-electron chi connectivity index (χ1n) is 15.5. The molecule has 3 aromatic carbocycles. The standard InChI is InChI=1S/C33H33FN2OS.C4H4O4/c34-29-13-11-25(12-14-29)32(31-22-27-8-2-3-10-30(27)38-31)26-15-19-35(20-16-26)23-24-7-6-9-28(21-24)33(37)36-17-4-1-5-18-36;5-3(6)1-2-4(7)8/h2-3,6-14,21-22H,1,4-5,15-20,23H2;1-2H,(H,5,6)(H,7,8)/b;2-1-. The molecule has 2 saturated heterocycles. The smallest absolute Gasteiger partial charge is 0.328 e. The highest BCUT2D eigenvalue weighted by Gasteiger charge is 2.22. The summed E-state index contributed by atoms with van der Waals surface area (Å²) in [5.74, 6) is -2.55. The summed E-state index contributed by atoms with van der Waals surface area (Å²) >= 11 is 1.82. The van der Waals surface area contributed by atoms with Crippen molar-refractivity contribution < 1.29 is 29.0 Å². The summed E-state index contributed by atoms with van der Waals surface area (Å²) in [4.78, 5) is 37.9. The number of carboxylic acid groups (broad SMARTS) is 2. The molecule has 3 heterocycles. The molecule has 2 aliphatic rings. The van der Waals surface area contributed by atoms with Crippen LogP contribution in [0, 0.1) is 5.82 Å². The minimum atomic E-state index is -1.26. The Morgan fingerprint density at radius 1 is 0.761 bits per heavy atom. The van der Waals surface area contributed by atoms with E-state index in [9.17, 15) is 18.8 Å². The lowest BCUT2D eigenvalue weighted by atomic mass is 9.91. The minimum absolute atomic E-state index is 0.169. The van der Waals surface area contributed by atoms with E-state index in [1.165, 1.54) is 38.1 Å². The van der Waals surface area contributed by atoms with Gasteiger partial charge in [-0.15, -0.1) is 11.3 Å². The summed E-state index contributed by atoms with van der Waals surface area (Å²) in [7, 11) is 0. The molecular weight excluding hydrogens is 603 g/mol. The van der Waals surface area contributed by atoms with E-state index in [0.29, 0.717) is 12.2 Å². The van der Waals surface area contributed by atoms with E-state index < -0.39 is 11.9 Å². The van der Waals surface area contributed by atoms with E-state index in [1.807, 2.05) is 40.5 Å². The fourth-order valence-corrected chi connectivity index (χ4v) is 7.13. The first-order chi connectivity index (χ1) is 22.3. The molecule has 0 radical (unpaired) electrons. The number of thiophene rings is 1. The van der Waals surface area contributed by atoms with Crippen molar-refractivity contribution in [2.24, 2.45) is 0 Å². The number of aliphatic carboxylic acids is 2. The van der Waals surface area contributed by atoms with Crippen LogP contribution in [0.4, 0.5) is 4.39 Å². The number of rotatable bonds is 7. The third kappa shape index (κ3) is 8.77. The Morgan fingerprint density at radius 2 is 1.43 bits per heavy atom. The third-order valence-electron chi connectivity index (χ3n) is 8.21. The predicted molar refractivity (Wildman–Crippen MR) is 179 cm³/mol. The number of piperidine rings is 2. The summed E-state index contributed by atoms with van der Waals surface area (Å²) in [6, 6.07) is 25.9. The largest absolute Gasteiger partial charge is 0.478 e. The first kappa shape index (κ1) is 32.8. The zero-order valence-electron chi connectivity index (χ0n) is 25.5. The SMILES string of the molecule is O=C(O)/C=C\C(=O)O.O=C(c1cccc(CN2CCC(=C(c3ccc(F)cc3)c3cc4ccccc4s3)CC2)c1)N1CCCCC1. The molecule has 6 rings (SSSR count). The molecule has 4 aromatic rings. The van der Waals surface area contributed by atoms with Crippen LogP contribution >= 0.6 is 11.3 Å². The number of amides is 1. The molecule has 2 fully saturated rings. The van der Waals surface area contributed by atoms with Gasteiger partial charge in [-0.1, -0.05) is 48.0 Å². The van der Waals surface area contributed by atoms with Crippen molar-refractivity contribution in [1.82, 2.24) is 9.80 Å². The molecule has 0 spiro atoms. The molecule has 46 heavy (non-hydrogen) atoms. The lowest BCUT2D eigenvalue weighted by molar-refractivity contribution is -0.134. The van der Waals surface area contributed by atoms with E-state index in [-0.39, 0.29) is 11.7 Å². The van der Waals surface area contributed by atoms with Gasteiger partial charge in [0, 0.05) is 60.0 Å². The van der Waals surface area contributed by atoms with Crippen molar-refractivity contribution in [2.45, 2.75) is 38.6 Å². The Labute approximate surface area is 271 Å². The third-order valence-corrected chi connectivity index (χ3v) is 9.34. The zero-order valence-corrected chi connectivity index (χ0v) is 26.3. The van der Waals surface area contributed by atoms with Crippen LogP contribution in [0.1, 0.15) is 58.5 Å². The number of benzene rings is 3. The van der Waals surface area contributed by atoms with Crippen LogP contribution in [0.5, 0.6) is 0 Å². The first-order valence-corrected chi connectivity index (χ1v) is 16.3. The molecule has 0 atom stereocenters. The van der Waals surface area contributed by atoms with E-state index in [1.54, 1.807) is 12.1 Å². The van der Waals surface area contributed by atoms with Crippen LogP contribution in [-0.2, 0) is 16.1 Å². The second kappa shape index (κ2) is 15.6. The maximum Gasteiger partial charge on any atom is 0.328 e. The molecule has 238 valence electrons. The Hall–Kier alpha value is -4.60. The summed E-state index contributed by atoms with van der Waals surface area (Å²) < 4.78 is 15.0. The average Bonchev–Trinajstić information content (AvgIpc) is 3.50. The van der Waals surface area contributed by atoms with Crippen LogP contribution in [0.25, 0.3) is 15.7 Å². The Balaban J connectivity index is 0.000000463. The highest BCUT2D eigenvalue weighted by atomic mass is 32.1. The molecule has 1 aromatic heterocycles. The molecular formula is C37H37FN2O5S. The monoisotopic (exact) mass is 640 g/mol. The molecule has 0 saturated carbocycles. The van der Waals surface area contributed by atoms with Crippen molar-refractivity contribution in [3.05, 3.63) is 124 Å². The maximum absolute atomic E-state index is 13.8. The Kier molecular flexibility index (Phi) is 11.1. The molecule has 7 nitrogen and oxygen atoms in total. The van der Waals surface area contributed by atoms with Crippen molar-refractivity contribution in [1.29, 1.82) is 0 Å². The minimum Gasteiger partial charge on any atom is -0.478 e. The summed E-state index contributed by atoms with van der Waals surface area (Å²) in [5, 5.41) is 16.9. The van der Waals surface area contributed by atoms with E-state index in [2.05, 4.69) is 47.4 Å². The van der Waals surface area contributed by atoms with Gasteiger partial charge in [0.1, 0.15) is 5.82 Å². The highest BCUT2D eigenvalue weighted by molar-refractivity contribution is 7.20. The molecule has 0 aliphatic carbocycles. The fraction of sp³-hybridized carbons (Fsp3) is 0.270. The van der Waals surface area contributed by atoms with Crippen LogP contribution in [-0.4, -0.2) is 64.0 Å². The van der Waals surface area contributed by atoms with Gasteiger partial charge < -0.3 is 15.1 Å². The van der Waals surface area contributed by atoms with Crippen LogP contribution in [0.15, 0.2) is 96.6 Å². The number of nitrogens with zero attached hydrogens (tertiary/aromatic N) is 2. The molecule has 2 aliphatic heterocycles. The van der Waals surface area contributed by atoms with Crippen LogP contribution in [0.3, 0.4) is 0 Å². The van der Waals surface area contributed by atoms with Gasteiger partial charge in [-0.2, -0.15) is 0 Å². The molecule has 2 N–H and O–H groups in total. The number of carbonyl (C=O) groups excluding carboxylic acids is 1. The van der Waals surface area contributed by atoms with Crippen molar-refractivity contribution >= 4 is 44.8 Å². The molecule has 9 heteroatoms. The van der Waals surface area contributed by atoms with Gasteiger partial charge in [0.05, 0.1) is 0 Å². The number of halogens is 1. The van der Waals surface area contributed by atoms with Gasteiger partial charge >= 0.3 is 11.9 Å². The van der Waals surface area contributed by atoms with Gasteiger partial charge in [0.2, 0.25) is 0 Å². The van der Waals surface area contributed by atoms with Crippen LogP contribution in [0.2, 0.25) is 0 Å². The zero-order chi connectivity index (χ0) is 32.5. The summed E-state index contributed by atoms with van der Waals surface area (Å²) in [6.07, 6.45) is 6.51. The summed E-state index contributed by atoms with van der Waals surface area (Å²) in [6.45, 7) is 4.54. The Morgan fingerprint density at radius 3 is 2.09 bits per heavy atom. The molecule has 0 unspecified atom stereocenters.